The van der Waals surface area contributed by atoms with Crippen molar-refractivity contribution in [3.63, 3.8) is 0 Å². The summed E-state index contributed by atoms with van der Waals surface area (Å²) in [7, 11) is 0.808. The summed E-state index contributed by atoms with van der Waals surface area (Å²) < 4.78 is 17.6. The van der Waals surface area contributed by atoms with Gasteiger partial charge < -0.3 is 24.3 Å². The molecule has 2 fully saturated rings. The first-order chi connectivity index (χ1) is 19.9. The lowest BCUT2D eigenvalue weighted by Gasteiger charge is -2.32. The molecular weight excluding hydrogens is 539 g/mol. The minimum atomic E-state index is -0.683. The number of hydrogen-bond donors (Lipinski definition) is 2. The normalized spacial score (nSPS) is 20.5. The molecule has 0 spiro atoms. The summed E-state index contributed by atoms with van der Waals surface area (Å²) in [5, 5.41) is 5.12. The van der Waals surface area contributed by atoms with Crippen LogP contribution >= 0.6 is 0 Å². The van der Waals surface area contributed by atoms with Gasteiger partial charge in [-0.15, -0.1) is 0 Å². The highest BCUT2D eigenvalue weighted by molar-refractivity contribution is 6.63. The van der Waals surface area contributed by atoms with Crippen LogP contribution in [0.2, 0.25) is 0 Å². The van der Waals surface area contributed by atoms with Crippen LogP contribution in [0.3, 0.4) is 0 Å². The van der Waals surface area contributed by atoms with Gasteiger partial charge in [0.2, 0.25) is 17.7 Å². The Hall–Kier alpha value is -4.21. The first kappa shape index (κ1) is 29.3. The second-order valence-electron chi connectivity index (χ2n) is 11.4. The summed E-state index contributed by atoms with van der Waals surface area (Å²) in [6.45, 7) is 8.36. The third-order valence-corrected chi connectivity index (χ3v) is 8.16. The van der Waals surface area contributed by atoms with Crippen molar-refractivity contribution in [2.45, 2.75) is 70.7 Å². The summed E-state index contributed by atoms with van der Waals surface area (Å²) in [5.74, 6) is 4.99. The molecule has 1 unspecified atom stereocenters. The van der Waals surface area contributed by atoms with Crippen LogP contribution in [0.5, 0.6) is 5.88 Å². The van der Waals surface area contributed by atoms with Gasteiger partial charge in [0.1, 0.15) is 11.7 Å². The van der Waals surface area contributed by atoms with E-state index in [4.69, 9.17) is 14.0 Å². The van der Waals surface area contributed by atoms with Gasteiger partial charge in [0.25, 0.3) is 11.8 Å². The molecule has 218 valence electrons. The average molecular weight is 572 g/mol. The molecule has 1 aromatic heterocycles. The van der Waals surface area contributed by atoms with Crippen molar-refractivity contribution in [2.24, 2.45) is 0 Å². The van der Waals surface area contributed by atoms with Gasteiger partial charge >= 0.3 is 7.12 Å². The van der Waals surface area contributed by atoms with Gasteiger partial charge in [-0.3, -0.25) is 24.5 Å². The second kappa shape index (κ2) is 11.2. The number of hydrogen-bond acceptors (Lipinski definition) is 8. The van der Waals surface area contributed by atoms with Crippen LogP contribution < -0.4 is 20.8 Å². The van der Waals surface area contributed by atoms with Gasteiger partial charge in [-0.2, -0.15) is 0 Å². The number of carbonyl (C=O) groups excluding carboxylic acids is 4. The molecule has 2 saturated heterocycles. The average Bonchev–Trinajstić information content (AvgIpc) is 3.39. The molecule has 42 heavy (non-hydrogen) atoms. The van der Waals surface area contributed by atoms with Crippen LogP contribution in [0.25, 0.3) is 0 Å². The van der Waals surface area contributed by atoms with Crippen molar-refractivity contribution in [3.05, 3.63) is 52.7 Å². The highest BCUT2D eigenvalue weighted by atomic mass is 16.7. The lowest BCUT2D eigenvalue weighted by atomic mass is 9.79. The van der Waals surface area contributed by atoms with Gasteiger partial charge in [0.15, 0.2) is 0 Å². The number of amides is 4. The van der Waals surface area contributed by atoms with E-state index in [9.17, 15) is 19.2 Å². The summed E-state index contributed by atoms with van der Waals surface area (Å²) >= 11 is 0. The van der Waals surface area contributed by atoms with E-state index < -0.39 is 30.3 Å². The molecule has 4 heterocycles. The fourth-order valence-corrected chi connectivity index (χ4v) is 5.08. The lowest BCUT2D eigenvalue weighted by molar-refractivity contribution is -0.136. The van der Waals surface area contributed by atoms with Crippen LogP contribution in [0.15, 0.2) is 30.3 Å². The fraction of sp³-hybridized carbons (Fsp3) is 0.433. The topological polar surface area (TPSA) is 136 Å². The molecule has 0 radical (unpaired) electrons. The highest BCUT2D eigenvalue weighted by Crippen LogP contribution is 2.37. The number of nitrogens with one attached hydrogen (secondary N) is 2. The molecule has 2 aromatic rings. The summed E-state index contributed by atoms with van der Waals surface area (Å²) in [4.78, 5) is 55.5. The van der Waals surface area contributed by atoms with Crippen LogP contribution in [0.1, 0.15) is 78.9 Å². The molecular formula is C30H33BN4O7. The number of piperidine rings is 1. The maximum absolute atomic E-state index is 13.0. The van der Waals surface area contributed by atoms with Crippen molar-refractivity contribution in [2.75, 3.05) is 13.7 Å². The number of carbonyl (C=O) groups is 4. The molecule has 0 saturated carbocycles. The quantitative estimate of drug-likeness (QED) is 0.229. The number of imide groups is 1. The van der Waals surface area contributed by atoms with Crippen molar-refractivity contribution >= 4 is 36.2 Å². The Morgan fingerprint density at radius 3 is 2.60 bits per heavy atom. The van der Waals surface area contributed by atoms with Gasteiger partial charge in [-0.1, -0.05) is 24.0 Å². The summed E-state index contributed by atoms with van der Waals surface area (Å²) in [5.41, 5.74) is 1.68. The third kappa shape index (κ3) is 5.50. The molecule has 1 atom stereocenters. The SMILES string of the molecule is COc1nc(C(=O)NCCC#Cc2cccc3c2CN(C2CCC(=O)NC2=O)C3=O)ccc1B1OC(C)(C)C(C)(C)O1. The van der Waals surface area contributed by atoms with Crippen molar-refractivity contribution in [1.82, 2.24) is 20.5 Å². The molecule has 0 aliphatic carbocycles. The predicted octanol–water partition coefficient (Wildman–Crippen LogP) is 1.32. The third-order valence-electron chi connectivity index (χ3n) is 8.16. The number of ether oxygens (including phenoxy) is 1. The van der Waals surface area contributed by atoms with Gasteiger partial charge in [-0.25, -0.2) is 4.98 Å². The van der Waals surface area contributed by atoms with E-state index in [2.05, 4.69) is 27.5 Å². The van der Waals surface area contributed by atoms with Gasteiger partial charge in [-0.05, 0) is 57.9 Å². The zero-order valence-corrected chi connectivity index (χ0v) is 24.3. The minimum absolute atomic E-state index is 0.188. The molecule has 12 heteroatoms. The van der Waals surface area contributed by atoms with E-state index in [1.807, 2.05) is 33.8 Å². The molecule has 3 aliphatic rings. The summed E-state index contributed by atoms with van der Waals surface area (Å²) in [6, 6.07) is 7.93. The number of benzene rings is 1. The number of nitrogens with zero attached hydrogens (tertiary/aromatic N) is 2. The molecule has 11 nitrogen and oxygen atoms in total. The van der Waals surface area contributed by atoms with Crippen LogP contribution in [0.4, 0.5) is 0 Å². The van der Waals surface area contributed by atoms with E-state index in [-0.39, 0.29) is 48.8 Å². The standard InChI is InChI=1S/C30H33BN4O7/c1-29(2)30(3,4)42-31(41-29)21-12-13-22(33-27(21)40-5)25(37)32-16-7-6-9-18-10-8-11-19-20(18)17-35(28(19)39)23-14-15-24(36)34-26(23)38/h8,10-13,23H,7,14-17H2,1-5H3,(H,32,37)(H,34,36,38). The van der Waals surface area contributed by atoms with Crippen molar-refractivity contribution in [1.29, 1.82) is 0 Å². The fourth-order valence-electron chi connectivity index (χ4n) is 5.08. The maximum Gasteiger partial charge on any atom is 0.500 e. The van der Waals surface area contributed by atoms with E-state index in [1.54, 1.807) is 24.3 Å². The zero-order chi connectivity index (χ0) is 30.2. The largest absolute Gasteiger partial charge is 0.500 e. The smallest absolute Gasteiger partial charge is 0.481 e. The van der Waals surface area contributed by atoms with E-state index in [0.717, 1.165) is 5.56 Å². The number of aromatic nitrogens is 1. The van der Waals surface area contributed by atoms with Gasteiger partial charge in [0.05, 0.1) is 18.3 Å². The Morgan fingerprint density at radius 2 is 1.90 bits per heavy atom. The zero-order valence-electron chi connectivity index (χ0n) is 24.3. The molecule has 4 amide bonds. The Balaban J connectivity index is 1.19. The van der Waals surface area contributed by atoms with Crippen molar-refractivity contribution < 1.29 is 33.2 Å². The molecule has 5 rings (SSSR count). The number of pyridine rings is 1. The number of methoxy groups -OCH3 is 1. The van der Waals surface area contributed by atoms with Crippen LogP contribution in [0, 0.1) is 11.8 Å². The van der Waals surface area contributed by atoms with E-state index in [1.165, 1.54) is 12.0 Å². The second-order valence-corrected chi connectivity index (χ2v) is 11.4. The predicted molar refractivity (Wildman–Crippen MR) is 153 cm³/mol. The Morgan fingerprint density at radius 1 is 1.17 bits per heavy atom. The lowest BCUT2D eigenvalue weighted by Crippen LogP contribution is -2.52. The minimum Gasteiger partial charge on any atom is -0.481 e. The Kier molecular flexibility index (Phi) is 7.83. The molecule has 1 aromatic carbocycles. The molecule has 2 N–H and O–H groups in total. The molecule has 3 aliphatic heterocycles. The Bertz CT molecular complexity index is 1510. The van der Waals surface area contributed by atoms with Gasteiger partial charge in [0, 0.05) is 42.5 Å². The maximum atomic E-state index is 13.0. The van der Waals surface area contributed by atoms with Crippen LogP contribution in [-0.4, -0.2) is 71.5 Å². The summed E-state index contributed by atoms with van der Waals surface area (Å²) in [6.07, 6.45) is 0.859. The number of fused-ring (bicyclic) bond motifs is 1. The number of rotatable bonds is 6. The monoisotopic (exact) mass is 572 g/mol. The van der Waals surface area contributed by atoms with Crippen molar-refractivity contribution in [3.8, 4) is 17.7 Å². The van der Waals surface area contributed by atoms with E-state index >= 15 is 0 Å². The first-order valence-corrected chi connectivity index (χ1v) is 13.9. The Labute approximate surface area is 244 Å². The van der Waals surface area contributed by atoms with E-state index in [0.29, 0.717) is 29.4 Å². The highest BCUT2D eigenvalue weighted by Gasteiger charge is 2.52. The first-order valence-electron chi connectivity index (χ1n) is 13.9. The van der Waals surface area contributed by atoms with Crippen LogP contribution in [-0.2, 0) is 25.4 Å². The molecule has 0 bridgehead atoms.